The molecule has 166 valence electrons. The predicted octanol–water partition coefficient (Wildman–Crippen LogP) is 5.72. The van der Waals surface area contributed by atoms with Gasteiger partial charge in [-0.15, -0.1) is 0 Å². The number of aromatic nitrogens is 1. The molecule has 0 aliphatic carbocycles. The number of halogens is 2. The first-order chi connectivity index (χ1) is 15.2. The Hall–Kier alpha value is -2.89. The molecule has 1 aromatic heterocycles. The van der Waals surface area contributed by atoms with E-state index in [1.807, 2.05) is 32.9 Å². The lowest BCUT2D eigenvalue weighted by atomic mass is 9.77. The highest BCUT2D eigenvalue weighted by atomic mass is 35.5. The van der Waals surface area contributed by atoms with Gasteiger partial charge in [0.1, 0.15) is 0 Å². The molecule has 1 atom stereocenters. The van der Waals surface area contributed by atoms with E-state index in [9.17, 15) is 9.59 Å². The number of hydrogen-bond acceptors (Lipinski definition) is 5. The van der Waals surface area contributed by atoms with E-state index < -0.39 is 5.92 Å². The zero-order valence-corrected chi connectivity index (χ0v) is 19.9. The van der Waals surface area contributed by atoms with Crippen LogP contribution in [0.1, 0.15) is 56.0 Å². The second-order valence-electron chi connectivity index (χ2n) is 7.68. The fourth-order valence-corrected chi connectivity index (χ4v) is 4.44. The van der Waals surface area contributed by atoms with Crippen molar-refractivity contribution in [1.82, 2.24) is 10.3 Å². The average Bonchev–Trinajstić information content (AvgIpc) is 2.75. The number of Topliss-reactive ketones (excluding diaryl/α,β-unsaturated/α-hetero) is 2. The number of hydrogen-bond donors (Lipinski definition) is 2. The average molecular weight is 470 g/mol. The van der Waals surface area contributed by atoms with Crippen LogP contribution in [0.5, 0.6) is 0 Å². The van der Waals surface area contributed by atoms with Crippen molar-refractivity contribution in [3.63, 3.8) is 0 Å². The minimum atomic E-state index is -0.439. The van der Waals surface area contributed by atoms with Crippen LogP contribution in [0.4, 0.5) is 0 Å². The molecule has 0 fully saturated rings. The zero-order chi connectivity index (χ0) is 23.6. The maximum absolute atomic E-state index is 13.4. The van der Waals surface area contributed by atoms with Crippen molar-refractivity contribution in [1.29, 1.82) is 0 Å². The summed E-state index contributed by atoms with van der Waals surface area (Å²) in [6.45, 7) is 7.16. The summed E-state index contributed by atoms with van der Waals surface area (Å²) >= 11 is 12.1. The van der Waals surface area contributed by atoms with Gasteiger partial charge in [0.25, 0.3) is 0 Å². The lowest BCUT2D eigenvalue weighted by molar-refractivity contribution is -0.113. The van der Waals surface area contributed by atoms with E-state index in [0.29, 0.717) is 44.4 Å². The number of allylic oxidation sites excluding steroid dienone is 5. The molecule has 0 radical (unpaired) electrons. The number of ketones is 2. The third kappa shape index (κ3) is 4.50. The van der Waals surface area contributed by atoms with Gasteiger partial charge in [-0.25, -0.2) is 0 Å². The number of dihydropyridines is 1. The Morgan fingerprint density at radius 3 is 2.34 bits per heavy atom. The molecule has 0 bridgehead atoms. The summed E-state index contributed by atoms with van der Waals surface area (Å²) in [5.74, 6) is -0.745. The summed E-state index contributed by atoms with van der Waals surface area (Å²) in [6.07, 6.45) is 3.80. The highest BCUT2D eigenvalue weighted by molar-refractivity contribution is 6.42. The summed E-state index contributed by atoms with van der Waals surface area (Å²) in [6, 6.07) is 8.49. The second-order valence-corrected chi connectivity index (χ2v) is 8.50. The van der Waals surface area contributed by atoms with Crippen molar-refractivity contribution in [2.45, 2.75) is 40.0 Å². The number of carbonyl (C=O) groups excluding carboxylic acids is 2. The number of nitrogens with one attached hydrogen (secondary N) is 1. The molecule has 1 aliphatic rings. The first-order valence-corrected chi connectivity index (χ1v) is 11.0. The summed E-state index contributed by atoms with van der Waals surface area (Å²) in [4.78, 5) is 30.3. The van der Waals surface area contributed by atoms with E-state index in [0.717, 1.165) is 17.0 Å². The fourth-order valence-electron chi connectivity index (χ4n) is 4.15. The van der Waals surface area contributed by atoms with Gasteiger partial charge in [-0.1, -0.05) is 36.2 Å². The normalized spacial score (nSPS) is 17.1. The van der Waals surface area contributed by atoms with Crippen LogP contribution in [-0.2, 0) is 4.79 Å². The van der Waals surface area contributed by atoms with Gasteiger partial charge >= 0.3 is 0 Å². The van der Waals surface area contributed by atoms with Crippen LogP contribution in [0.25, 0.3) is 0 Å². The molecule has 0 spiro atoms. The number of rotatable bonds is 6. The van der Waals surface area contributed by atoms with Crippen LogP contribution >= 0.6 is 23.2 Å². The van der Waals surface area contributed by atoms with E-state index in [1.54, 1.807) is 30.6 Å². The van der Waals surface area contributed by atoms with Crippen LogP contribution in [0.3, 0.4) is 0 Å². The highest BCUT2D eigenvalue weighted by Crippen LogP contribution is 2.41. The molecule has 2 heterocycles. The summed E-state index contributed by atoms with van der Waals surface area (Å²) in [7, 11) is 0. The molecular formula is C25H25Cl2N3O2. The Balaban J connectivity index is 2.21. The Morgan fingerprint density at radius 1 is 1.09 bits per heavy atom. The van der Waals surface area contributed by atoms with Crippen LogP contribution in [0, 0.1) is 0 Å². The Morgan fingerprint density at radius 2 is 1.78 bits per heavy atom. The van der Waals surface area contributed by atoms with E-state index in [1.165, 1.54) is 6.92 Å². The Bertz CT molecular complexity index is 1180. The van der Waals surface area contributed by atoms with Crippen molar-refractivity contribution < 1.29 is 9.59 Å². The van der Waals surface area contributed by atoms with Gasteiger partial charge in [-0.3, -0.25) is 14.6 Å². The summed E-state index contributed by atoms with van der Waals surface area (Å²) in [5, 5.41) is 3.94. The quantitative estimate of drug-likeness (QED) is 0.417. The molecule has 32 heavy (non-hydrogen) atoms. The molecule has 0 saturated carbocycles. The molecule has 3 N–H and O–H groups in total. The smallest absolute Gasteiger partial charge is 0.191 e. The van der Waals surface area contributed by atoms with Crippen molar-refractivity contribution >= 4 is 34.8 Å². The van der Waals surface area contributed by atoms with E-state index >= 15 is 0 Å². The van der Waals surface area contributed by atoms with Crippen LogP contribution in [-0.4, -0.2) is 16.6 Å². The number of nitrogens with two attached hydrogens (primary N) is 1. The summed E-state index contributed by atoms with van der Waals surface area (Å²) in [5.41, 5.74) is 11.5. The third-order valence-corrected chi connectivity index (χ3v) is 6.32. The largest absolute Gasteiger partial charge is 0.398 e. The van der Waals surface area contributed by atoms with Gasteiger partial charge in [0.05, 0.1) is 10.0 Å². The molecule has 0 saturated heterocycles. The van der Waals surface area contributed by atoms with E-state index in [2.05, 4.69) is 10.3 Å². The van der Waals surface area contributed by atoms with Gasteiger partial charge in [0.2, 0.25) is 0 Å². The molecule has 5 nitrogen and oxygen atoms in total. The van der Waals surface area contributed by atoms with Gasteiger partial charge in [-0.05, 0) is 57.0 Å². The second kappa shape index (κ2) is 9.72. The molecule has 1 aromatic carbocycles. The third-order valence-electron chi connectivity index (χ3n) is 5.58. The molecule has 7 heteroatoms. The topological polar surface area (TPSA) is 85.1 Å². The van der Waals surface area contributed by atoms with Crippen LogP contribution < -0.4 is 11.1 Å². The maximum atomic E-state index is 13.4. The number of pyridine rings is 1. The number of nitrogens with zero attached hydrogens (tertiary/aromatic N) is 1. The standard InChI is InChI=1S/C25H25Cl2N3O2/c1-5-18(25(32)16-8-9-19(26)20(27)11-16)24(28)22-14(3)30-13(2)21(15(4)31)23(22)17-7-6-10-29-12-17/h6-12,23,30H,5,28H2,1-4H3/b24-18-. The molecular weight excluding hydrogens is 445 g/mol. The minimum absolute atomic E-state index is 0.0736. The van der Waals surface area contributed by atoms with Crippen LogP contribution in [0.2, 0.25) is 10.0 Å². The number of carbonyl (C=O) groups is 2. The van der Waals surface area contributed by atoms with Crippen molar-refractivity contribution in [2.75, 3.05) is 0 Å². The minimum Gasteiger partial charge on any atom is -0.398 e. The first kappa shape index (κ1) is 23.8. The summed E-state index contributed by atoms with van der Waals surface area (Å²) < 4.78 is 0. The lowest BCUT2D eigenvalue weighted by Crippen LogP contribution is -2.30. The number of benzene rings is 1. The SMILES string of the molecule is CC/C(C(=O)c1ccc(Cl)c(Cl)c1)=C(/N)C1=C(C)NC(C)=C(C(C)=O)C1c1cccnc1. The zero-order valence-electron chi connectivity index (χ0n) is 18.4. The molecule has 2 aromatic rings. The Labute approximate surface area is 198 Å². The van der Waals surface area contributed by atoms with E-state index in [4.69, 9.17) is 28.9 Å². The predicted molar refractivity (Wildman–Crippen MR) is 128 cm³/mol. The maximum Gasteiger partial charge on any atom is 0.191 e. The van der Waals surface area contributed by atoms with Gasteiger partial charge in [0.15, 0.2) is 11.6 Å². The van der Waals surface area contributed by atoms with Gasteiger partial charge in [-0.2, -0.15) is 0 Å². The van der Waals surface area contributed by atoms with Gasteiger partial charge < -0.3 is 11.1 Å². The van der Waals surface area contributed by atoms with Crippen molar-refractivity contribution in [2.24, 2.45) is 5.73 Å². The first-order valence-electron chi connectivity index (χ1n) is 10.3. The molecule has 0 amide bonds. The van der Waals surface area contributed by atoms with E-state index in [-0.39, 0.29) is 11.6 Å². The Kier molecular flexibility index (Phi) is 7.22. The highest BCUT2D eigenvalue weighted by Gasteiger charge is 2.34. The van der Waals surface area contributed by atoms with Gasteiger partial charge in [0, 0.05) is 57.7 Å². The molecule has 1 aliphatic heterocycles. The lowest BCUT2D eigenvalue weighted by Gasteiger charge is -2.32. The fraction of sp³-hybridized carbons (Fsp3) is 0.240. The molecule has 1 unspecified atom stereocenters. The van der Waals surface area contributed by atoms with Crippen LogP contribution in [0.15, 0.2) is 76.5 Å². The van der Waals surface area contributed by atoms with Crippen molar-refractivity contribution in [3.8, 4) is 0 Å². The molecule has 3 rings (SSSR count). The monoisotopic (exact) mass is 469 g/mol. The van der Waals surface area contributed by atoms with Crippen molar-refractivity contribution in [3.05, 3.63) is 97.7 Å².